The molecule has 1 aliphatic rings. The van der Waals surface area contributed by atoms with Crippen LogP contribution in [-0.4, -0.2) is 32.8 Å². The van der Waals surface area contributed by atoms with Crippen molar-refractivity contribution in [2.45, 2.75) is 38.1 Å². The summed E-state index contributed by atoms with van der Waals surface area (Å²) >= 11 is 0. The standard InChI is InChI=1S/C27H27NO5S/c1-17(2)26(28-34(31,32)22-12-8-18(3)9-13-22)27(30)33-16-25(29)21-11-10-20-14-19-6-4-5-7-23(19)24(20)15-21/h4-13,15,17,26,28H,14,16H2,1-3H3/t26-/m0/s1. The summed E-state index contributed by atoms with van der Waals surface area (Å²) in [5.74, 6) is -1.51. The first kappa shape index (κ1) is 23.9. The first-order valence-corrected chi connectivity index (χ1v) is 12.6. The van der Waals surface area contributed by atoms with E-state index in [1.807, 2.05) is 37.3 Å². The van der Waals surface area contributed by atoms with Crippen LogP contribution in [0.5, 0.6) is 0 Å². The second-order valence-corrected chi connectivity index (χ2v) is 10.6. The molecule has 0 spiro atoms. The van der Waals surface area contributed by atoms with E-state index in [0.717, 1.165) is 28.7 Å². The molecule has 0 amide bonds. The molecule has 3 aromatic carbocycles. The number of nitrogens with one attached hydrogen (secondary N) is 1. The number of esters is 1. The number of rotatable bonds is 8. The van der Waals surface area contributed by atoms with E-state index in [0.29, 0.717) is 5.56 Å². The van der Waals surface area contributed by atoms with Gasteiger partial charge in [-0.05, 0) is 59.7 Å². The summed E-state index contributed by atoms with van der Waals surface area (Å²) in [6.07, 6.45) is 0.826. The van der Waals surface area contributed by atoms with Crippen LogP contribution in [-0.2, 0) is 26.0 Å². The Balaban J connectivity index is 1.44. The van der Waals surface area contributed by atoms with Gasteiger partial charge in [0.25, 0.3) is 0 Å². The van der Waals surface area contributed by atoms with Crippen molar-refractivity contribution in [3.05, 3.63) is 89.0 Å². The molecule has 176 valence electrons. The fourth-order valence-electron chi connectivity index (χ4n) is 4.02. The van der Waals surface area contributed by atoms with Gasteiger partial charge in [-0.25, -0.2) is 8.42 Å². The molecule has 0 unspecified atom stereocenters. The predicted octanol–water partition coefficient (Wildman–Crippen LogP) is 4.30. The Morgan fingerprint density at radius 1 is 0.941 bits per heavy atom. The smallest absolute Gasteiger partial charge is 0.324 e. The first-order valence-electron chi connectivity index (χ1n) is 11.2. The molecular weight excluding hydrogens is 450 g/mol. The van der Waals surface area contributed by atoms with Crippen molar-refractivity contribution in [3.63, 3.8) is 0 Å². The maximum atomic E-state index is 12.8. The molecule has 0 aliphatic heterocycles. The van der Waals surface area contributed by atoms with E-state index < -0.39 is 28.6 Å². The molecule has 0 bridgehead atoms. The van der Waals surface area contributed by atoms with Gasteiger partial charge in [-0.3, -0.25) is 9.59 Å². The Bertz CT molecular complexity index is 1340. The minimum atomic E-state index is -3.93. The van der Waals surface area contributed by atoms with Crippen molar-refractivity contribution in [1.29, 1.82) is 0 Å². The molecule has 1 aliphatic carbocycles. The van der Waals surface area contributed by atoms with Crippen molar-refractivity contribution in [2.75, 3.05) is 6.61 Å². The molecule has 0 saturated heterocycles. The van der Waals surface area contributed by atoms with Crippen LogP contribution in [0, 0.1) is 12.8 Å². The zero-order chi connectivity index (χ0) is 24.5. The van der Waals surface area contributed by atoms with Crippen molar-refractivity contribution in [2.24, 2.45) is 5.92 Å². The van der Waals surface area contributed by atoms with E-state index in [1.54, 1.807) is 32.0 Å². The molecule has 7 heteroatoms. The van der Waals surface area contributed by atoms with Gasteiger partial charge >= 0.3 is 5.97 Å². The van der Waals surface area contributed by atoms with Crippen LogP contribution in [0.25, 0.3) is 11.1 Å². The van der Waals surface area contributed by atoms with Crippen LogP contribution < -0.4 is 4.72 Å². The van der Waals surface area contributed by atoms with Gasteiger partial charge in [-0.1, -0.05) is 67.9 Å². The molecule has 0 aromatic heterocycles. The topological polar surface area (TPSA) is 89.5 Å². The van der Waals surface area contributed by atoms with Crippen molar-refractivity contribution >= 4 is 21.8 Å². The maximum Gasteiger partial charge on any atom is 0.324 e. The molecule has 0 heterocycles. The Labute approximate surface area is 200 Å². The minimum absolute atomic E-state index is 0.0612. The van der Waals surface area contributed by atoms with Gasteiger partial charge in [0.1, 0.15) is 6.04 Å². The van der Waals surface area contributed by atoms with E-state index in [1.165, 1.54) is 17.7 Å². The second-order valence-electron chi connectivity index (χ2n) is 8.89. The summed E-state index contributed by atoms with van der Waals surface area (Å²) < 4.78 is 33.2. The van der Waals surface area contributed by atoms with E-state index in [9.17, 15) is 18.0 Å². The largest absolute Gasteiger partial charge is 0.456 e. The fraction of sp³-hybridized carbons (Fsp3) is 0.259. The van der Waals surface area contributed by atoms with Gasteiger partial charge < -0.3 is 4.74 Å². The van der Waals surface area contributed by atoms with Gasteiger partial charge in [0.2, 0.25) is 10.0 Å². The molecule has 0 fully saturated rings. The van der Waals surface area contributed by atoms with E-state index in [2.05, 4.69) is 10.8 Å². The summed E-state index contributed by atoms with van der Waals surface area (Å²) in [6, 6.07) is 18.8. The van der Waals surface area contributed by atoms with Crippen molar-refractivity contribution < 1.29 is 22.7 Å². The summed E-state index contributed by atoms with van der Waals surface area (Å²) in [5, 5.41) is 0. The first-order chi connectivity index (χ1) is 16.2. The third-order valence-electron chi connectivity index (χ3n) is 6.00. The molecule has 34 heavy (non-hydrogen) atoms. The average Bonchev–Trinajstić information content (AvgIpc) is 3.19. The predicted molar refractivity (Wildman–Crippen MR) is 130 cm³/mol. The monoisotopic (exact) mass is 477 g/mol. The Hall–Kier alpha value is -3.29. The van der Waals surface area contributed by atoms with Crippen LogP contribution >= 0.6 is 0 Å². The van der Waals surface area contributed by atoms with Crippen LogP contribution in [0.15, 0.2) is 71.6 Å². The molecule has 6 nitrogen and oxygen atoms in total. The van der Waals surface area contributed by atoms with Crippen LogP contribution in [0.2, 0.25) is 0 Å². The number of ether oxygens (including phenoxy) is 1. The Kier molecular flexibility index (Phi) is 6.68. The fourth-order valence-corrected chi connectivity index (χ4v) is 5.35. The zero-order valence-electron chi connectivity index (χ0n) is 19.4. The van der Waals surface area contributed by atoms with Gasteiger partial charge in [0, 0.05) is 5.56 Å². The highest BCUT2D eigenvalue weighted by molar-refractivity contribution is 7.89. The molecule has 3 aromatic rings. The van der Waals surface area contributed by atoms with E-state index in [4.69, 9.17) is 4.74 Å². The van der Waals surface area contributed by atoms with Gasteiger partial charge in [0.15, 0.2) is 12.4 Å². The summed E-state index contributed by atoms with van der Waals surface area (Å²) in [7, 11) is -3.93. The van der Waals surface area contributed by atoms with E-state index in [-0.39, 0.29) is 16.6 Å². The highest BCUT2D eigenvalue weighted by atomic mass is 32.2. The van der Waals surface area contributed by atoms with Crippen molar-refractivity contribution in [1.82, 2.24) is 4.72 Å². The number of sulfonamides is 1. The number of Topliss-reactive ketones (excluding diaryl/α,β-unsaturated/α-hetero) is 1. The lowest BCUT2D eigenvalue weighted by molar-refractivity contribution is -0.145. The lowest BCUT2D eigenvalue weighted by Crippen LogP contribution is -2.45. The summed E-state index contributed by atoms with van der Waals surface area (Å²) in [5.41, 5.74) is 5.86. The highest BCUT2D eigenvalue weighted by Gasteiger charge is 2.30. The lowest BCUT2D eigenvalue weighted by Gasteiger charge is -2.20. The number of ketones is 1. The quantitative estimate of drug-likeness (QED) is 0.302. The van der Waals surface area contributed by atoms with Gasteiger partial charge in [-0.15, -0.1) is 0 Å². The molecule has 0 saturated carbocycles. The number of hydrogen-bond acceptors (Lipinski definition) is 5. The maximum absolute atomic E-state index is 12.8. The van der Waals surface area contributed by atoms with Gasteiger partial charge in [-0.2, -0.15) is 4.72 Å². The van der Waals surface area contributed by atoms with Gasteiger partial charge in [0.05, 0.1) is 4.90 Å². The van der Waals surface area contributed by atoms with Crippen LogP contribution in [0.1, 0.15) is 40.9 Å². The average molecular weight is 478 g/mol. The summed E-state index contributed by atoms with van der Waals surface area (Å²) in [6.45, 7) is 4.82. The SMILES string of the molecule is Cc1ccc(S(=O)(=O)N[C@H](C(=O)OCC(=O)c2ccc3c(c2)-c2ccccc2C3)C(C)C)cc1. The lowest BCUT2D eigenvalue weighted by atomic mass is 10.0. The normalized spacial score (nSPS) is 13.3. The number of carbonyl (C=O) groups is 2. The molecule has 1 N–H and O–H groups in total. The second kappa shape index (κ2) is 9.52. The minimum Gasteiger partial charge on any atom is -0.456 e. The number of fused-ring (bicyclic) bond motifs is 3. The third-order valence-corrected chi connectivity index (χ3v) is 7.46. The Morgan fingerprint density at radius 2 is 1.62 bits per heavy atom. The van der Waals surface area contributed by atoms with Crippen LogP contribution in [0.4, 0.5) is 0 Å². The van der Waals surface area contributed by atoms with Crippen molar-refractivity contribution in [3.8, 4) is 11.1 Å². The molecular formula is C27H27NO5S. The number of carbonyl (C=O) groups excluding carboxylic acids is 2. The molecule has 1 atom stereocenters. The molecule has 4 rings (SSSR count). The number of hydrogen-bond donors (Lipinski definition) is 1. The third kappa shape index (κ3) is 4.95. The Morgan fingerprint density at radius 3 is 2.32 bits per heavy atom. The highest BCUT2D eigenvalue weighted by Crippen LogP contribution is 2.36. The summed E-state index contributed by atoms with van der Waals surface area (Å²) in [4.78, 5) is 25.6. The number of aryl methyl sites for hydroxylation is 1. The number of benzene rings is 3. The van der Waals surface area contributed by atoms with Crippen LogP contribution in [0.3, 0.4) is 0 Å². The van der Waals surface area contributed by atoms with E-state index >= 15 is 0 Å². The molecule has 0 radical (unpaired) electrons. The zero-order valence-corrected chi connectivity index (χ0v) is 20.2.